The van der Waals surface area contributed by atoms with E-state index in [1.54, 1.807) is 6.33 Å². The first-order valence-corrected chi connectivity index (χ1v) is 5.92. The van der Waals surface area contributed by atoms with Gasteiger partial charge < -0.3 is 9.47 Å². The van der Waals surface area contributed by atoms with Crippen molar-refractivity contribution in [1.82, 2.24) is 19.4 Å². The van der Waals surface area contributed by atoms with Crippen molar-refractivity contribution in [2.75, 3.05) is 0 Å². The summed E-state index contributed by atoms with van der Waals surface area (Å²) in [6.45, 7) is 0.870. The third-order valence-corrected chi connectivity index (χ3v) is 4.29. The topological polar surface area (TPSA) is 34.0 Å². The van der Waals surface area contributed by atoms with Gasteiger partial charge >= 0.3 is 0 Å². The summed E-state index contributed by atoms with van der Waals surface area (Å²) < 4.78 is 1.94. The zero-order valence-corrected chi connectivity index (χ0v) is 9.69. The minimum absolute atomic E-state index is 0.317. The Morgan fingerprint density at radius 1 is 1.29 bits per heavy atom. The Balaban J connectivity index is 2.00. The zero-order valence-electron chi connectivity index (χ0n) is 9.69. The highest BCUT2D eigenvalue weighted by atomic mass is 15.2. The van der Waals surface area contributed by atoms with Gasteiger partial charge in [-0.15, -0.1) is 7.05 Å². The lowest BCUT2D eigenvalue weighted by molar-refractivity contribution is 0.218. The average molecular weight is 226 g/mol. The monoisotopic (exact) mass is 226 g/mol. The third-order valence-electron chi connectivity index (χ3n) is 4.29. The van der Waals surface area contributed by atoms with Gasteiger partial charge in [-0.2, -0.15) is 0 Å². The lowest BCUT2D eigenvalue weighted by atomic mass is 9.96. The molecule has 1 spiro atoms. The Morgan fingerprint density at radius 2 is 2.12 bits per heavy atom. The van der Waals surface area contributed by atoms with Gasteiger partial charge in [0.2, 0.25) is 0 Å². The van der Waals surface area contributed by atoms with Crippen molar-refractivity contribution in [3.05, 3.63) is 37.9 Å². The molecular formula is C13H14N4-2. The second-order valence-electron chi connectivity index (χ2n) is 5.21. The maximum absolute atomic E-state index is 4.33. The molecule has 2 aliphatic rings. The second kappa shape index (κ2) is 2.82. The fourth-order valence-electron chi connectivity index (χ4n) is 3.00. The molecule has 4 rings (SSSR count). The molecule has 17 heavy (non-hydrogen) atoms. The van der Waals surface area contributed by atoms with Crippen molar-refractivity contribution in [2.45, 2.75) is 31.3 Å². The number of hydrogen-bond acceptors (Lipinski definition) is 3. The number of nitrogens with zero attached hydrogens (tertiary/aromatic N) is 4. The highest BCUT2D eigenvalue weighted by Gasteiger charge is 2.45. The van der Waals surface area contributed by atoms with E-state index in [9.17, 15) is 0 Å². The van der Waals surface area contributed by atoms with Gasteiger partial charge in [0.1, 0.15) is 6.33 Å². The largest absolute Gasteiger partial charge is 0.468 e. The van der Waals surface area contributed by atoms with E-state index >= 15 is 0 Å². The highest BCUT2D eigenvalue weighted by molar-refractivity contribution is 5.82. The summed E-state index contributed by atoms with van der Waals surface area (Å²) in [6, 6.07) is 0. The van der Waals surface area contributed by atoms with E-state index in [1.165, 1.54) is 24.1 Å². The summed E-state index contributed by atoms with van der Waals surface area (Å²) in [5.74, 6) is 0. The Labute approximate surface area is 100 Å². The van der Waals surface area contributed by atoms with Crippen LogP contribution in [0.3, 0.4) is 0 Å². The predicted molar refractivity (Wildman–Crippen MR) is 64.9 cm³/mol. The minimum Gasteiger partial charge on any atom is -0.468 e. The predicted octanol–water partition coefficient (Wildman–Crippen LogP) is 1.75. The van der Waals surface area contributed by atoms with Crippen LogP contribution in [-0.2, 0) is 13.0 Å². The molecule has 3 heterocycles. The smallest absolute Gasteiger partial charge is 0.103 e. The molecule has 1 fully saturated rings. The first-order valence-electron chi connectivity index (χ1n) is 5.92. The quantitative estimate of drug-likeness (QED) is 0.642. The van der Waals surface area contributed by atoms with Crippen LogP contribution in [0.1, 0.15) is 24.1 Å². The molecule has 0 N–H and O–H groups in total. The Bertz CT molecular complexity index is 609. The van der Waals surface area contributed by atoms with E-state index in [-0.39, 0.29) is 0 Å². The summed E-state index contributed by atoms with van der Waals surface area (Å²) in [4.78, 5) is 10.7. The zero-order chi connectivity index (χ0) is 11.6. The Kier molecular flexibility index (Phi) is 1.57. The van der Waals surface area contributed by atoms with Crippen molar-refractivity contribution >= 4 is 11.0 Å². The molecule has 4 heteroatoms. The summed E-state index contributed by atoms with van der Waals surface area (Å²) >= 11 is 0. The molecule has 0 saturated heterocycles. The number of rotatable bonds is 0. The fourth-order valence-corrected chi connectivity index (χ4v) is 3.00. The molecule has 0 amide bonds. The van der Waals surface area contributed by atoms with Crippen LogP contribution >= 0.6 is 0 Å². The second-order valence-corrected chi connectivity index (χ2v) is 5.21. The van der Waals surface area contributed by atoms with Crippen molar-refractivity contribution in [3.63, 3.8) is 0 Å². The van der Waals surface area contributed by atoms with Gasteiger partial charge in [0.05, 0.1) is 0 Å². The molecule has 1 aliphatic heterocycles. The van der Waals surface area contributed by atoms with Crippen LogP contribution in [0.2, 0.25) is 0 Å². The molecule has 2 aromatic heterocycles. The van der Waals surface area contributed by atoms with Gasteiger partial charge in [0.15, 0.2) is 0 Å². The van der Waals surface area contributed by atoms with Crippen LogP contribution in [0.5, 0.6) is 0 Å². The van der Waals surface area contributed by atoms with Crippen LogP contribution in [0.25, 0.3) is 11.0 Å². The normalized spacial score (nSPS) is 21.9. The standard InChI is InChI=1S/C13H14N4/c1-16-7-11-9(5-13(16)3-4-13)10-6-14-8-15-12(10)17(11)2/h6,8H,1-5,7H2/q-2. The first-order chi connectivity index (χ1) is 8.21. The van der Waals surface area contributed by atoms with Crippen LogP contribution in [0.4, 0.5) is 0 Å². The minimum atomic E-state index is 0.317. The molecule has 1 aliphatic carbocycles. The Morgan fingerprint density at radius 3 is 2.88 bits per heavy atom. The van der Waals surface area contributed by atoms with Crippen LogP contribution < -0.4 is 0 Å². The summed E-state index contributed by atoms with van der Waals surface area (Å²) in [7, 11) is 8.28. The molecule has 4 nitrogen and oxygen atoms in total. The molecule has 88 valence electrons. The molecule has 0 atom stereocenters. The van der Waals surface area contributed by atoms with Crippen molar-refractivity contribution in [1.29, 1.82) is 0 Å². The number of hydrogen-bond donors (Lipinski definition) is 0. The van der Waals surface area contributed by atoms with Crippen molar-refractivity contribution < 1.29 is 0 Å². The van der Waals surface area contributed by atoms with Gasteiger partial charge in [0, 0.05) is 11.8 Å². The molecule has 2 aromatic rings. The van der Waals surface area contributed by atoms with E-state index in [4.69, 9.17) is 0 Å². The van der Waals surface area contributed by atoms with E-state index < -0.39 is 0 Å². The van der Waals surface area contributed by atoms with Crippen molar-refractivity contribution in [3.8, 4) is 0 Å². The number of aromatic nitrogens is 3. The molecular weight excluding hydrogens is 212 g/mol. The molecule has 0 unspecified atom stereocenters. The van der Waals surface area contributed by atoms with Crippen molar-refractivity contribution in [2.24, 2.45) is 0 Å². The van der Waals surface area contributed by atoms with Crippen LogP contribution in [-0.4, -0.2) is 25.0 Å². The molecule has 1 saturated carbocycles. The number of fused-ring (bicyclic) bond motifs is 3. The maximum atomic E-state index is 4.33. The van der Waals surface area contributed by atoms with Crippen LogP contribution in [0, 0.1) is 14.1 Å². The molecule has 0 radical (unpaired) electrons. The van der Waals surface area contributed by atoms with Gasteiger partial charge in [0.25, 0.3) is 0 Å². The molecule has 0 bridgehead atoms. The van der Waals surface area contributed by atoms with Gasteiger partial charge in [-0.1, -0.05) is 11.3 Å². The lowest BCUT2D eigenvalue weighted by Crippen LogP contribution is -2.38. The summed E-state index contributed by atoms with van der Waals surface area (Å²) in [6.07, 6.45) is 7.08. The molecule has 0 aromatic carbocycles. The van der Waals surface area contributed by atoms with E-state index in [2.05, 4.69) is 29.0 Å². The average Bonchev–Trinajstić information content (AvgIpc) is 3.07. The Hall–Kier alpha value is -1.55. The maximum Gasteiger partial charge on any atom is 0.103 e. The summed E-state index contributed by atoms with van der Waals surface area (Å²) in [5.41, 5.74) is 3.88. The van der Waals surface area contributed by atoms with E-state index in [0.717, 1.165) is 24.0 Å². The fraction of sp³-hybridized carbons (Fsp3) is 0.385. The van der Waals surface area contributed by atoms with Gasteiger partial charge in [-0.05, 0) is 36.7 Å². The highest BCUT2D eigenvalue weighted by Crippen LogP contribution is 2.49. The van der Waals surface area contributed by atoms with Crippen LogP contribution in [0.15, 0.2) is 12.5 Å². The van der Waals surface area contributed by atoms with E-state index in [0.29, 0.717) is 5.54 Å². The first kappa shape index (κ1) is 9.48. The summed E-state index contributed by atoms with van der Waals surface area (Å²) in [5, 5.41) is 1.16. The lowest BCUT2D eigenvalue weighted by Gasteiger charge is -2.43. The van der Waals surface area contributed by atoms with Gasteiger partial charge in [-0.3, -0.25) is 12.0 Å². The SMILES string of the molecule is [CH2-]N1Cc2c(c3cncnc3n2[CH2-])CC12CC2. The van der Waals surface area contributed by atoms with Gasteiger partial charge in [-0.25, -0.2) is 4.98 Å². The third kappa shape index (κ3) is 1.08. The van der Waals surface area contributed by atoms with E-state index in [1.807, 2.05) is 10.8 Å².